The van der Waals surface area contributed by atoms with Crippen molar-refractivity contribution in [2.24, 2.45) is 0 Å². The van der Waals surface area contributed by atoms with Gasteiger partial charge >= 0.3 is 16.3 Å². The number of nitrogens with zero attached hydrogens (tertiary/aromatic N) is 2. The summed E-state index contributed by atoms with van der Waals surface area (Å²) in [6.07, 6.45) is -0.892. The van der Waals surface area contributed by atoms with Gasteiger partial charge < -0.3 is 9.47 Å². The molecule has 1 aliphatic rings. The monoisotopic (exact) mass is 391 g/mol. The quantitative estimate of drug-likeness (QED) is 0.813. The molecule has 9 heteroatoms. The second-order valence-electron chi connectivity index (χ2n) is 6.19. The van der Waals surface area contributed by atoms with Gasteiger partial charge in [-0.3, -0.25) is 0 Å². The summed E-state index contributed by atoms with van der Waals surface area (Å²) in [5.41, 5.74) is 2.97. The number of cyclic esters (lactones) is 1. The van der Waals surface area contributed by atoms with E-state index in [1.807, 2.05) is 37.3 Å². The van der Waals surface area contributed by atoms with E-state index in [2.05, 4.69) is 14.4 Å². The number of pyridine rings is 1. The molecule has 1 amide bonds. The van der Waals surface area contributed by atoms with Gasteiger partial charge in [-0.15, -0.1) is 0 Å². The first-order chi connectivity index (χ1) is 12.8. The number of nitrogens with one attached hydrogen (secondary N) is 1. The molecule has 1 aliphatic heterocycles. The number of benzene rings is 1. The zero-order chi connectivity index (χ0) is 19.6. The molecule has 0 aliphatic carbocycles. The Morgan fingerprint density at radius 3 is 2.52 bits per heavy atom. The highest BCUT2D eigenvalue weighted by molar-refractivity contribution is 7.90. The van der Waals surface area contributed by atoms with Gasteiger partial charge in [0.05, 0.1) is 12.2 Å². The van der Waals surface area contributed by atoms with Crippen LogP contribution in [0.25, 0.3) is 0 Å². The van der Waals surface area contributed by atoms with Gasteiger partial charge in [-0.05, 0) is 37.5 Å². The number of hydrogen-bond donors (Lipinski definition) is 1. The molecule has 2 heterocycles. The number of hydrogen-bond acceptors (Lipinski definition) is 6. The fraction of sp³-hybridized carbons (Fsp3) is 0.333. The van der Waals surface area contributed by atoms with Crippen LogP contribution in [0.3, 0.4) is 0 Å². The van der Waals surface area contributed by atoms with Crippen LogP contribution in [0.1, 0.15) is 22.4 Å². The van der Waals surface area contributed by atoms with E-state index in [-0.39, 0.29) is 19.0 Å². The Morgan fingerprint density at radius 2 is 1.89 bits per heavy atom. The van der Waals surface area contributed by atoms with Crippen molar-refractivity contribution in [3.8, 4) is 5.75 Å². The maximum absolute atomic E-state index is 12.4. The minimum Gasteiger partial charge on any atom is -0.487 e. The summed E-state index contributed by atoms with van der Waals surface area (Å²) in [4.78, 5) is 15.9. The van der Waals surface area contributed by atoms with Crippen molar-refractivity contribution in [3.05, 3.63) is 52.7 Å². The molecule has 3 rings (SSSR count). The maximum atomic E-state index is 12.4. The molecule has 2 aromatic rings. The third kappa shape index (κ3) is 3.97. The number of ether oxygens (including phenoxy) is 2. The first kappa shape index (κ1) is 19.0. The Kier molecular flexibility index (Phi) is 5.22. The Bertz CT molecular complexity index is 961. The lowest BCUT2D eigenvalue weighted by atomic mass is 10.1. The highest BCUT2D eigenvalue weighted by Gasteiger charge is 2.34. The number of amides is 1. The van der Waals surface area contributed by atoms with E-state index in [0.29, 0.717) is 27.9 Å². The van der Waals surface area contributed by atoms with Crippen LogP contribution in [-0.4, -0.2) is 37.0 Å². The molecule has 0 unspecified atom stereocenters. The molecule has 144 valence electrons. The van der Waals surface area contributed by atoms with Crippen molar-refractivity contribution in [1.82, 2.24) is 9.29 Å². The predicted molar refractivity (Wildman–Crippen MR) is 99.8 cm³/mol. The van der Waals surface area contributed by atoms with Gasteiger partial charge in [0.15, 0.2) is 0 Å². The van der Waals surface area contributed by atoms with Crippen LogP contribution < -0.4 is 9.46 Å². The lowest BCUT2D eigenvalue weighted by molar-refractivity contribution is 0.170. The smallest absolute Gasteiger partial charge is 0.425 e. The first-order valence-electron chi connectivity index (χ1n) is 8.41. The standard InChI is InChI=1S/C18H21N3O5S/c1-12-13(2)17(20-27(23,24)21-9-10-25-18(21)22)19-14(3)16(12)26-11-15-7-5-4-6-8-15/h4-8H,9-11H2,1-3H3,(H,19,20). The molecule has 8 nitrogen and oxygen atoms in total. The van der Waals surface area contributed by atoms with Crippen molar-refractivity contribution in [2.45, 2.75) is 27.4 Å². The van der Waals surface area contributed by atoms with Crippen molar-refractivity contribution < 1.29 is 22.7 Å². The first-order valence-corrected chi connectivity index (χ1v) is 9.85. The zero-order valence-corrected chi connectivity index (χ0v) is 16.2. The Balaban J connectivity index is 1.83. The topological polar surface area (TPSA) is 97.8 Å². The number of aryl methyl sites for hydroxylation is 1. The number of anilines is 1. The van der Waals surface area contributed by atoms with Crippen LogP contribution in [0.2, 0.25) is 0 Å². The SMILES string of the molecule is Cc1nc(NS(=O)(=O)N2CCOC2=O)c(C)c(C)c1OCc1ccccc1. The van der Waals surface area contributed by atoms with E-state index in [9.17, 15) is 13.2 Å². The second kappa shape index (κ2) is 7.43. The summed E-state index contributed by atoms with van der Waals surface area (Å²) in [6.45, 7) is 5.73. The fourth-order valence-corrected chi connectivity index (χ4v) is 3.86. The van der Waals surface area contributed by atoms with Crippen LogP contribution in [0, 0.1) is 20.8 Å². The summed E-state index contributed by atoms with van der Waals surface area (Å²) < 4.78 is 38.5. The molecule has 1 fully saturated rings. The predicted octanol–water partition coefficient (Wildman–Crippen LogP) is 2.69. The molecule has 1 aromatic carbocycles. The summed E-state index contributed by atoms with van der Waals surface area (Å²) in [5, 5.41) is 0. The normalized spacial score (nSPS) is 14.2. The van der Waals surface area contributed by atoms with Crippen LogP contribution in [-0.2, 0) is 21.6 Å². The second-order valence-corrected chi connectivity index (χ2v) is 7.79. The number of carbonyl (C=O) groups excluding carboxylic acids is 1. The average molecular weight is 391 g/mol. The third-order valence-corrected chi connectivity index (χ3v) is 5.69. The highest BCUT2D eigenvalue weighted by Crippen LogP contribution is 2.30. The van der Waals surface area contributed by atoms with E-state index < -0.39 is 16.3 Å². The van der Waals surface area contributed by atoms with E-state index in [1.54, 1.807) is 13.8 Å². The molecule has 27 heavy (non-hydrogen) atoms. The van der Waals surface area contributed by atoms with Crippen molar-refractivity contribution in [3.63, 3.8) is 0 Å². The van der Waals surface area contributed by atoms with Gasteiger partial charge in [0.2, 0.25) is 0 Å². The maximum Gasteiger partial charge on any atom is 0.425 e. The van der Waals surface area contributed by atoms with E-state index in [4.69, 9.17) is 4.74 Å². The van der Waals surface area contributed by atoms with Gasteiger partial charge in [0.1, 0.15) is 24.8 Å². The molecule has 0 bridgehead atoms. The van der Waals surface area contributed by atoms with Gasteiger partial charge in [-0.2, -0.15) is 12.7 Å². The largest absolute Gasteiger partial charge is 0.487 e. The van der Waals surface area contributed by atoms with Gasteiger partial charge in [-0.1, -0.05) is 30.3 Å². The Labute approximate surface area is 158 Å². The highest BCUT2D eigenvalue weighted by atomic mass is 32.2. The zero-order valence-electron chi connectivity index (χ0n) is 15.4. The molecule has 0 spiro atoms. The molecular weight excluding hydrogens is 370 g/mol. The van der Waals surface area contributed by atoms with Gasteiger partial charge in [0.25, 0.3) is 0 Å². The summed E-state index contributed by atoms with van der Waals surface area (Å²) in [5.74, 6) is 0.775. The van der Waals surface area contributed by atoms with Crippen LogP contribution in [0.5, 0.6) is 5.75 Å². The van der Waals surface area contributed by atoms with Crippen LogP contribution in [0.4, 0.5) is 10.6 Å². The van der Waals surface area contributed by atoms with E-state index in [0.717, 1.165) is 11.1 Å². The van der Waals surface area contributed by atoms with Crippen molar-refractivity contribution in [1.29, 1.82) is 0 Å². The summed E-state index contributed by atoms with van der Waals surface area (Å²) in [7, 11) is -4.08. The minimum atomic E-state index is -4.08. The third-order valence-electron chi connectivity index (χ3n) is 4.33. The van der Waals surface area contributed by atoms with E-state index in [1.165, 1.54) is 0 Å². The van der Waals surface area contributed by atoms with Crippen LogP contribution in [0.15, 0.2) is 30.3 Å². The number of aromatic nitrogens is 1. The molecule has 0 atom stereocenters. The lowest BCUT2D eigenvalue weighted by Crippen LogP contribution is -2.37. The molecule has 1 saturated heterocycles. The lowest BCUT2D eigenvalue weighted by Gasteiger charge is -2.19. The molecule has 1 N–H and O–H groups in total. The van der Waals surface area contributed by atoms with Crippen molar-refractivity contribution in [2.75, 3.05) is 17.9 Å². The molecule has 0 radical (unpaired) electrons. The molecular formula is C18H21N3O5S. The number of carbonyl (C=O) groups is 1. The summed E-state index contributed by atoms with van der Waals surface area (Å²) in [6, 6.07) is 9.72. The Hall–Kier alpha value is -2.81. The van der Waals surface area contributed by atoms with E-state index >= 15 is 0 Å². The summed E-state index contributed by atoms with van der Waals surface area (Å²) >= 11 is 0. The average Bonchev–Trinajstić information content (AvgIpc) is 3.07. The minimum absolute atomic E-state index is 0.0244. The van der Waals surface area contributed by atoms with Crippen molar-refractivity contribution >= 4 is 22.1 Å². The molecule has 1 aromatic heterocycles. The fourth-order valence-electron chi connectivity index (χ4n) is 2.74. The van der Waals surface area contributed by atoms with Gasteiger partial charge in [-0.25, -0.2) is 14.5 Å². The Morgan fingerprint density at radius 1 is 1.19 bits per heavy atom. The van der Waals surface area contributed by atoms with Crippen LogP contribution >= 0.6 is 0 Å². The van der Waals surface area contributed by atoms with Gasteiger partial charge in [0, 0.05) is 0 Å². The molecule has 0 saturated carbocycles. The number of rotatable bonds is 6.